The standard InChI is InChI=1S/C31H28N2O5/c1-3-37-25-15-10-22(11-16-25)30(35)32-27-19-14-24(29(34)21-8-6-5-7-9-21)20-28(27)33-31(36)23-12-17-26(18-13-23)38-4-2/h5-20H,3-4H2,1-2H3,(H,32,35)(H,33,36). The maximum absolute atomic E-state index is 13.1. The summed E-state index contributed by atoms with van der Waals surface area (Å²) in [6.45, 7) is 4.81. The van der Waals surface area contributed by atoms with E-state index in [1.807, 2.05) is 19.9 Å². The van der Waals surface area contributed by atoms with Crippen LogP contribution in [0, 0.1) is 0 Å². The summed E-state index contributed by atoms with van der Waals surface area (Å²) in [6, 6.07) is 27.1. The highest BCUT2D eigenvalue weighted by atomic mass is 16.5. The van der Waals surface area contributed by atoms with Gasteiger partial charge in [-0.1, -0.05) is 30.3 Å². The van der Waals surface area contributed by atoms with Gasteiger partial charge in [0.1, 0.15) is 11.5 Å². The lowest BCUT2D eigenvalue weighted by Crippen LogP contribution is -2.17. The second-order valence-corrected chi connectivity index (χ2v) is 8.28. The maximum atomic E-state index is 13.1. The Hall–Kier alpha value is -4.91. The van der Waals surface area contributed by atoms with E-state index in [4.69, 9.17) is 9.47 Å². The first kappa shape index (κ1) is 26.2. The lowest BCUT2D eigenvalue weighted by atomic mass is 10.0. The van der Waals surface area contributed by atoms with Crippen LogP contribution in [0.25, 0.3) is 0 Å². The highest BCUT2D eigenvalue weighted by Crippen LogP contribution is 2.27. The van der Waals surface area contributed by atoms with Gasteiger partial charge < -0.3 is 20.1 Å². The number of hydrogen-bond acceptors (Lipinski definition) is 5. The van der Waals surface area contributed by atoms with Crippen LogP contribution in [0.15, 0.2) is 97.1 Å². The van der Waals surface area contributed by atoms with Crippen molar-refractivity contribution in [1.82, 2.24) is 0 Å². The van der Waals surface area contributed by atoms with Crippen molar-refractivity contribution in [2.75, 3.05) is 23.8 Å². The minimum absolute atomic E-state index is 0.202. The molecule has 0 saturated carbocycles. The summed E-state index contributed by atoms with van der Waals surface area (Å²) < 4.78 is 10.9. The molecule has 7 nitrogen and oxygen atoms in total. The summed E-state index contributed by atoms with van der Waals surface area (Å²) in [5, 5.41) is 5.68. The average Bonchev–Trinajstić information content (AvgIpc) is 2.95. The topological polar surface area (TPSA) is 93.7 Å². The Kier molecular flexibility index (Phi) is 8.51. The predicted molar refractivity (Wildman–Crippen MR) is 147 cm³/mol. The number of ketones is 1. The van der Waals surface area contributed by atoms with E-state index in [0.29, 0.717) is 58.3 Å². The summed E-state index contributed by atoms with van der Waals surface area (Å²) in [4.78, 5) is 39.1. The number of carbonyl (C=O) groups is 3. The molecule has 2 N–H and O–H groups in total. The summed E-state index contributed by atoms with van der Waals surface area (Å²) in [5.74, 6) is 0.353. The summed E-state index contributed by atoms with van der Waals surface area (Å²) >= 11 is 0. The molecule has 0 unspecified atom stereocenters. The highest BCUT2D eigenvalue weighted by Gasteiger charge is 2.17. The Bertz CT molecular complexity index is 1420. The van der Waals surface area contributed by atoms with Crippen LogP contribution in [-0.2, 0) is 0 Å². The molecule has 0 bridgehead atoms. The van der Waals surface area contributed by atoms with Gasteiger partial charge in [-0.05, 0) is 80.6 Å². The number of anilines is 2. The molecule has 2 amide bonds. The largest absolute Gasteiger partial charge is 0.494 e. The van der Waals surface area contributed by atoms with Crippen LogP contribution < -0.4 is 20.1 Å². The average molecular weight is 509 g/mol. The molecule has 0 aliphatic carbocycles. The number of rotatable bonds is 10. The third kappa shape index (κ3) is 6.44. The number of hydrogen-bond donors (Lipinski definition) is 2. The molecule has 0 aliphatic rings. The molecule has 0 atom stereocenters. The third-order valence-electron chi connectivity index (χ3n) is 5.67. The number of benzene rings is 4. The zero-order chi connectivity index (χ0) is 26.9. The van der Waals surface area contributed by atoms with Crippen LogP contribution in [0.5, 0.6) is 11.5 Å². The van der Waals surface area contributed by atoms with Gasteiger partial charge in [-0.3, -0.25) is 14.4 Å². The molecular weight excluding hydrogens is 480 g/mol. The van der Waals surface area contributed by atoms with Crippen molar-refractivity contribution in [2.45, 2.75) is 13.8 Å². The molecule has 0 radical (unpaired) electrons. The second kappa shape index (κ2) is 12.4. The quantitative estimate of drug-likeness (QED) is 0.248. The molecule has 4 aromatic carbocycles. The highest BCUT2D eigenvalue weighted by molar-refractivity contribution is 6.13. The fraction of sp³-hybridized carbons (Fsp3) is 0.129. The van der Waals surface area contributed by atoms with Crippen molar-refractivity contribution in [3.63, 3.8) is 0 Å². The summed E-state index contributed by atoms with van der Waals surface area (Å²) in [7, 11) is 0. The van der Waals surface area contributed by atoms with Crippen LogP contribution in [0.3, 0.4) is 0 Å². The van der Waals surface area contributed by atoms with Crippen molar-refractivity contribution >= 4 is 29.0 Å². The SMILES string of the molecule is CCOc1ccc(C(=O)Nc2ccc(C(=O)c3ccccc3)cc2NC(=O)c2ccc(OCC)cc2)cc1. The second-order valence-electron chi connectivity index (χ2n) is 8.28. The van der Waals surface area contributed by atoms with Gasteiger partial charge >= 0.3 is 0 Å². The molecule has 7 heteroatoms. The molecular formula is C31H28N2O5. The Morgan fingerprint density at radius 1 is 0.553 bits per heavy atom. The minimum Gasteiger partial charge on any atom is -0.494 e. The molecule has 4 aromatic rings. The van der Waals surface area contributed by atoms with E-state index in [-0.39, 0.29) is 11.7 Å². The van der Waals surface area contributed by atoms with Gasteiger partial charge in [0.25, 0.3) is 11.8 Å². The van der Waals surface area contributed by atoms with E-state index in [0.717, 1.165) is 0 Å². The van der Waals surface area contributed by atoms with E-state index >= 15 is 0 Å². The third-order valence-corrected chi connectivity index (χ3v) is 5.67. The molecule has 0 spiro atoms. The first-order valence-corrected chi connectivity index (χ1v) is 12.3. The van der Waals surface area contributed by atoms with Crippen molar-refractivity contribution < 1.29 is 23.9 Å². The molecule has 0 aliphatic heterocycles. The van der Waals surface area contributed by atoms with E-state index in [1.54, 1.807) is 91.0 Å². The minimum atomic E-state index is -0.395. The fourth-order valence-corrected chi connectivity index (χ4v) is 3.78. The van der Waals surface area contributed by atoms with Crippen molar-refractivity contribution in [3.05, 3.63) is 119 Å². The lowest BCUT2D eigenvalue weighted by Gasteiger charge is -2.15. The maximum Gasteiger partial charge on any atom is 0.255 e. The smallest absolute Gasteiger partial charge is 0.255 e. The van der Waals surface area contributed by atoms with E-state index in [9.17, 15) is 14.4 Å². The van der Waals surface area contributed by atoms with Crippen molar-refractivity contribution in [3.8, 4) is 11.5 Å². The van der Waals surface area contributed by atoms with E-state index < -0.39 is 5.91 Å². The van der Waals surface area contributed by atoms with Gasteiger partial charge in [-0.15, -0.1) is 0 Å². The first-order valence-electron chi connectivity index (χ1n) is 12.3. The van der Waals surface area contributed by atoms with Gasteiger partial charge in [0, 0.05) is 22.3 Å². The van der Waals surface area contributed by atoms with Crippen molar-refractivity contribution in [1.29, 1.82) is 0 Å². The molecule has 0 saturated heterocycles. The Morgan fingerprint density at radius 3 is 1.53 bits per heavy atom. The molecule has 192 valence electrons. The van der Waals surface area contributed by atoms with E-state index in [2.05, 4.69) is 10.6 Å². The fourth-order valence-electron chi connectivity index (χ4n) is 3.78. The summed E-state index contributed by atoms with van der Waals surface area (Å²) in [6.07, 6.45) is 0. The van der Waals surface area contributed by atoms with Crippen LogP contribution in [0.1, 0.15) is 50.5 Å². The van der Waals surface area contributed by atoms with Crippen LogP contribution in [0.4, 0.5) is 11.4 Å². The Balaban J connectivity index is 1.62. The van der Waals surface area contributed by atoms with Gasteiger partial charge in [0.2, 0.25) is 0 Å². The number of amides is 2. The Morgan fingerprint density at radius 2 is 1.03 bits per heavy atom. The molecule has 4 rings (SSSR count). The number of carbonyl (C=O) groups excluding carboxylic acids is 3. The lowest BCUT2D eigenvalue weighted by molar-refractivity contribution is 0.101. The van der Waals surface area contributed by atoms with Gasteiger partial charge in [0.15, 0.2) is 5.78 Å². The zero-order valence-electron chi connectivity index (χ0n) is 21.2. The predicted octanol–water partition coefficient (Wildman–Crippen LogP) is 6.22. The Labute approximate surface area is 221 Å². The summed E-state index contributed by atoms with van der Waals surface area (Å²) in [5.41, 5.74) is 2.36. The molecule has 0 aromatic heterocycles. The van der Waals surface area contributed by atoms with Gasteiger partial charge in [-0.2, -0.15) is 0 Å². The van der Waals surface area contributed by atoms with Crippen LogP contribution in [-0.4, -0.2) is 30.8 Å². The van der Waals surface area contributed by atoms with Gasteiger partial charge in [-0.25, -0.2) is 0 Å². The molecule has 38 heavy (non-hydrogen) atoms. The normalized spacial score (nSPS) is 10.4. The zero-order valence-corrected chi connectivity index (χ0v) is 21.2. The van der Waals surface area contributed by atoms with Crippen LogP contribution >= 0.6 is 0 Å². The van der Waals surface area contributed by atoms with E-state index in [1.165, 1.54) is 0 Å². The number of ether oxygens (including phenoxy) is 2. The monoisotopic (exact) mass is 508 g/mol. The van der Waals surface area contributed by atoms with Crippen LogP contribution in [0.2, 0.25) is 0 Å². The number of nitrogens with one attached hydrogen (secondary N) is 2. The van der Waals surface area contributed by atoms with Gasteiger partial charge in [0.05, 0.1) is 24.6 Å². The molecule has 0 heterocycles. The first-order chi connectivity index (χ1) is 18.5. The van der Waals surface area contributed by atoms with Crippen molar-refractivity contribution in [2.24, 2.45) is 0 Å². The molecule has 0 fully saturated rings.